The molecule has 2 rings (SSSR count). The quantitative estimate of drug-likeness (QED) is 0.778. The number of nitrogens with zero attached hydrogens (tertiary/aromatic N) is 2. The summed E-state index contributed by atoms with van der Waals surface area (Å²) >= 11 is 0. The molecule has 0 aliphatic heterocycles. The fourth-order valence-electron chi connectivity index (χ4n) is 1.86. The summed E-state index contributed by atoms with van der Waals surface area (Å²) in [5.41, 5.74) is -1.97. The van der Waals surface area contributed by atoms with Gasteiger partial charge in [0.15, 0.2) is 0 Å². The monoisotopic (exact) mass is 290 g/mol. The lowest BCUT2D eigenvalue weighted by molar-refractivity contribution is 0.0913. The van der Waals surface area contributed by atoms with Crippen LogP contribution in [0, 0.1) is 12.7 Å². The summed E-state index contributed by atoms with van der Waals surface area (Å²) in [6, 6.07) is 6.25. The second-order valence-electron chi connectivity index (χ2n) is 4.41. The molecule has 108 valence electrons. The fraction of sp³-hybridized carbons (Fsp3) is 0.143. The van der Waals surface area contributed by atoms with E-state index in [0.29, 0.717) is 16.3 Å². The van der Waals surface area contributed by atoms with Gasteiger partial charge in [-0.3, -0.25) is 14.4 Å². The molecule has 0 amide bonds. The predicted octanol–water partition coefficient (Wildman–Crippen LogP) is 0.806. The topological polar surface area (TPSA) is 78.1 Å². The molecule has 0 spiro atoms. The van der Waals surface area contributed by atoms with Crippen LogP contribution < -0.4 is 11.2 Å². The Morgan fingerprint density at radius 3 is 2.33 bits per heavy atom. The Morgan fingerprint density at radius 2 is 1.76 bits per heavy atom. The second kappa shape index (κ2) is 5.28. The lowest BCUT2D eigenvalue weighted by Gasteiger charge is -2.08. The summed E-state index contributed by atoms with van der Waals surface area (Å²) in [5.74, 6) is -3.13. The van der Waals surface area contributed by atoms with Crippen molar-refractivity contribution in [3.8, 4) is 0 Å². The number of rotatable bonds is 1. The minimum absolute atomic E-state index is 0.0809. The van der Waals surface area contributed by atoms with Crippen molar-refractivity contribution in [3.05, 3.63) is 68.2 Å². The Balaban J connectivity index is 2.79. The van der Waals surface area contributed by atoms with Gasteiger partial charge in [-0.15, -0.1) is 0 Å². The summed E-state index contributed by atoms with van der Waals surface area (Å²) in [6.45, 7) is 2.63. The smallest absolute Gasteiger partial charge is 0.274 e. The maximum Gasteiger partial charge on any atom is 0.345 e. The molecule has 0 fully saturated rings. The van der Waals surface area contributed by atoms with Crippen molar-refractivity contribution in [1.29, 1.82) is 0 Å². The van der Waals surface area contributed by atoms with Crippen LogP contribution in [-0.4, -0.2) is 20.9 Å². The number of aryl methyl sites for hydroxylation is 1. The Morgan fingerprint density at radius 1 is 1.14 bits per heavy atom. The minimum Gasteiger partial charge on any atom is -0.274 e. The van der Waals surface area contributed by atoms with E-state index in [-0.39, 0.29) is 10.1 Å². The first-order valence-corrected chi connectivity index (χ1v) is 6.00. The predicted molar refractivity (Wildman–Crippen MR) is 72.1 cm³/mol. The molecule has 0 N–H and O–H groups in total. The first kappa shape index (κ1) is 14.6. The van der Waals surface area contributed by atoms with Crippen molar-refractivity contribution in [2.24, 2.45) is 0 Å². The molecule has 0 aliphatic carbocycles. The highest BCUT2D eigenvalue weighted by molar-refractivity contribution is 5.97. The van der Waals surface area contributed by atoms with Crippen LogP contribution in [0.15, 0.2) is 40.1 Å². The van der Waals surface area contributed by atoms with Gasteiger partial charge in [0, 0.05) is 12.5 Å². The van der Waals surface area contributed by atoms with Gasteiger partial charge in [-0.05, 0) is 18.6 Å². The van der Waals surface area contributed by atoms with Crippen molar-refractivity contribution in [2.45, 2.75) is 13.8 Å². The fourth-order valence-corrected chi connectivity index (χ4v) is 1.86. The molecule has 2 aromatic rings. The van der Waals surface area contributed by atoms with Crippen LogP contribution in [0.1, 0.15) is 27.6 Å². The van der Waals surface area contributed by atoms with Crippen molar-refractivity contribution in [2.75, 3.05) is 0 Å². The number of hydrogen-bond acceptors (Lipinski definition) is 4. The number of hydrogen-bond donors (Lipinski definition) is 0. The Bertz CT molecular complexity index is 864. The molecular formula is C14H11FN2O4. The van der Waals surface area contributed by atoms with Crippen LogP contribution >= 0.6 is 0 Å². The van der Waals surface area contributed by atoms with E-state index >= 15 is 0 Å². The van der Waals surface area contributed by atoms with Crippen LogP contribution in [0.2, 0.25) is 0 Å². The van der Waals surface area contributed by atoms with E-state index in [1.165, 1.54) is 6.07 Å². The van der Waals surface area contributed by atoms with Gasteiger partial charge in [0.25, 0.3) is 11.5 Å². The summed E-state index contributed by atoms with van der Waals surface area (Å²) in [7, 11) is 0. The highest BCUT2D eigenvalue weighted by Crippen LogP contribution is 2.07. The molecule has 1 aromatic carbocycles. The highest BCUT2D eigenvalue weighted by atomic mass is 19.1. The van der Waals surface area contributed by atoms with E-state index < -0.39 is 28.9 Å². The molecule has 0 aliphatic rings. The first-order chi connectivity index (χ1) is 9.84. The summed E-state index contributed by atoms with van der Waals surface area (Å²) < 4.78 is 14.1. The SMILES string of the molecule is CC(=O)n1cc(F)c(=O)n(C(=O)c2ccccc2C)c1=O. The zero-order chi connectivity index (χ0) is 15.7. The van der Waals surface area contributed by atoms with E-state index in [9.17, 15) is 23.6 Å². The van der Waals surface area contributed by atoms with Crippen LogP contribution in [0.25, 0.3) is 0 Å². The summed E-state index contributed by atoms with van der Waals surface area (Å²) in [6.07, 6.45) is 0.481. The number of aromatic nitrogens is 2. The zero-order valence-corrected chi connectivity index (χ0v) is 11.3. The van der Waals surface area contributed by atoms with E-state index in [0.717, 1.165) is 6.92 Å². The molecule has 0 radical (unpaired) electrons. The van der Waals surface area contributed by atoms with E-state index in [1.807, 2.05) is 0 Å². The minimum atomic E-state index is -1.38. The molecule has 0 unspecified atom stereocenters. The molecule has 1 aromatic heterocycles. The summed E-state index contributed by atoms with van der Waals surface area (Å²) in [4.78, 5) is 47.3. The Labute approximate surface area is 118 Å². The molecule has 21 heavy (non-hydrogen) atoms. The Kier molecular flexibility index (Phi) is 3.66. The van der Waals surface area contributed by atoms with Crippen LogP contribution in [0.4, 0.5) is 4.39 Å². The van der Waals surface area contributed by atoms with Crippen molar-refractivity contribution in [3.63, 3.8) is 0 Å². The first-order valence-electron chi connectivity index (χ1n) is 6.00. The average molecular weight is 290 g/mol. The second-order valence-corrected chi connectivity index (χ2v) is 4.41. The van der Waals surface area contributed by atoms with Crippen LogP contribution in [0.5, 0.6) is 0 Å². The largest absolute Gasteiger partial charge is 0.345 e. The molecule has 0 bridgehead atoms. The maximum absolute atomic E-state index is 13.6. The molecule has 6 nitrogen and oxygen atoms in total. The van der Waals surface area contributed by atoms with Gasteiger partial charge >= 0.3 is 5.69 Å². The lowest BCUT2D eigenvalue weighted by atomic mass is 10.1. The molecular weight excluding hydrogens is 279 g/mol. The molecule has 0 saturated heterocycles. The summed E-state index contributed by atoms with van der Waals surface area (Å²) in [5, 5.41) is 0. The molecule has 0 atom stereocenters. The zero-order valence-electron chi connectivity index (χ0n) is 11.3. The third-order valence-electron chi connectivity index (χ3n) is 2.97. The maximum atomic E-state index is 13.6. The van der Waals surface area contributed by atoms with Crippen LogP contribution in [0.3, 0.4) is 0 Å². The van der Waals surface area contributed by atoms with Gasteiger partial charge < -0.3 is 0 Å². The van der Waals surface area contributed by atoms with E-state index in [4.69, 9.17) is 0 Å². The molecule has 7 heteroatoms. The number of carbonyl (C=O) groups is 2. The standard InChI is InChI=1S/C14H11FN2O4/c1-8-5-3-4-6-10(8)12(19)17-13(20)11(15)7-16(9(2)18)14(17)21/h3-7H,1-2H3. The number of benzene rings is 1. The van der Waals surface area contributed by atoms with Gasteiger partial charge in [0.1, 0.15) is 0 Å². The van der Waals surface area contributed by atoms with Crippen LogP contribution in [-0.2, 0) is 0 Å². The lowest BCUT2D eigenvalue weighted by Crippen LogP contribution is -2.46. The van der Waals surface area contributed by atoms with E-state index in [2.05, 4.69) is 0 Å². The number of halogens is 1. The van der Waals surface area contributed by atoms with Gasteiger partial charge in [0.2, 0.25) is 11.7 Å². The normalized spacial score (nSPS) is 10.4. The highest BCUT2D eigenvalue weighted by Gasteiger charge is 2.21. The number of carbonyl (C=O) groups excluding carboxylic acids is 2. The average Bonchev–Trinajstić information content (AvgIpc) is 2.43. The molecule has 0 saturated carbocycles. The molecule has 1 heterocycles. The van der Waals surface area contributed by atoms with Gasteiger partial charge in [-0.2, -0.15) is 8.96 Å². The van der Waals surface area contributed by atoms with Crippen molar-refractivity contribution in [1.82, 2.24) is 9.13 Å². The van der Waals surface area contributed by atoms with Crippen molar-refractivity contribution >= 4 is 11.8 Å². The van der Waals surface area contributed by atoms with E-state index in [1.54, 1.807) is 25.1 Å². The van der Waals surface area contributed by atoms with Gasteiger partial charge in [0.05, 0.1) is 6.20 Å². The third kappa shape index (κ3) is 2.45. The van der Waals surface area contributed by atoms with Crippen molar-refractivity contribution < 1.29 is 14.0 Å². The van der Waals surface area contributed by atoms with Gasteiger partial charge in [-0.25, -0.2) is 9.36 Å². The third-order valence-corrected chi connectivity index (χ3v) is 2.97. The van der Waals surface area contributed by atoms with Gasteiger partial charge in [-0.1, -0.05) is 18.2 Å². The Hall–Kier alpha value is -2.83.